The summed E-state index contributed by atoms with van der Waals surface area (Å²) in [6.45, 7) is 5.00. The van der Waals surface area contributed by atoms with E-state index < -0.39 is 35.0 Å². The third-order valence-electron chi connectivity index (χ3n) is 6.04. The van der Waals surface area contributed by atoms with Crippen LogP contribution in [0.1, 0.15) is 51.5 Å². The second-order valence-electron chi connectivity index (χ2n) is 8.00. The van der Waals surface area contributed by atoms with E-state index >= 15 is 0 Å². The van der Waals surface area contributed by atoms with Crippen LogP contribution in [0, 0.1) is 17.6 Å². The van der Waals surface area contributed by atoms with Crippen LogP contribution in [0.15, 0.2) is 12.1 Å². The van der Waals surface area contributed by atoms with Crippen molar-refractivity contribution in [1.29, 1.82) is 0 Å². The smallest absolute Gasteiger partial charge is 0.171 e. The fourth-order valence-corrected chi connectivity index (χ4v) is 4.13. The molecule has 0 aromatic heterocycles. The average Bonchev–Trinajstić information content (AvgIpc) is 3.11. The van der Waals surface area contributed by atoms with Crippen LogP contribution >= 0.6 is 0 Å². The number of unbranched alkanes of at least 4 members (excludes halogenated alkanes) is 1. The van der Waals surface area contributed by atoms with Crippen molar-refractivity contribution in [2.24, 2.45) is 5.92 Å². The molecule has 158 valence electrons. The van der Waals surface area contributed by atoms with Crippen LogP contribution in [0.4, 0.5) is 8.78 Å². The van der Waals surface area contributed by atoms with Crippen LogP contribution in [0.3, 0.4) is 0 Å². The van der Waals surface area contributed by atoms with Crippen molar-refractivity contribution in [1.82, 2.24) is 0 Å². The van der Waals surface area contributed by atoms with Crippen molar-refractivity contribution in [3.8, 4) is 5.75 Å². The van der Waals surface area contributed by atoms with Gasteiger partial charge < -0.3 is 24.4 Å². The molecule has 3 rings (SSSR count). The van der Waals surface area contributed by atoms with Crippen LogP contribution in [0.25, 0.3) is 0 Å². The first-order valence-corrected chi connectivity index (χ1v) is 10.1. The zero-order valence-electron chi connectivity index (χ0n) is 16.5. The van der Waals surface area contributed by atoms with Gasteiger partial charge in [0, 0.05) is 18.9 Å². The van der Waals surface area contributed by atoms with Crippen molar-refractivity contribution >= 4 is 0 Å². The molecule has 1 aromatic carbocycles. The van der Waals surface area contributed by atoms with Crippen molar-refractivity contribution in [2.45, 2.75) is 69.9 Å². The van der Waals surface area contributed by atoms with Gasteiger partial charge in [0.25, 0.3) is 0 Å². The molecule has 1 aliphatic heterocycles. The van der Waals surface area contributed by atoms with Crippen molar-refractivity contribution in [2.75, 3.05) is 19.8 Å². The number of aliphatic hydroxyl groups is 2. The molecule has 1 heterocycles. The summed E-state index contributed by atoms with van der Waals surface area (Å²) in [7, 11) is 0. The molecule has 0 radical (unpaired) electrons. The molecule has 1 saturated heterocycles. The average molecular weight is 400 g/mol. The Kier molecular flexibility index (Phi) is 6.59. The zero-order chi connectivity index (χ0) is 20.4. The molecule has 5 nitrogen and oxygen atoms in total. The summed E-state index contributed by atoms with van der Waals surface area (Å²) in [6, 6.07) is 2.18. The predicted molar refractivity (Wildman–Crippen MR) is 99.1 cm³/mol. The van der Waals surface area contributed by atoms with Crippen LogP contribution in [-0.2, 0) is 15.9 Å². The van der Waals surface area contributed by atoms with Crippen molar-refractivity contribution < 1.29 is 33.2 Å². The molecule has 0 bridgehead atoms. The Morgan fingerprint density at radius 1 is 1.21 bits per heavy atom. The first-order valence-electron chi connectivity index (χ1n) is 10.1. The predicted octanol–water partition coefficient (Wildman–Crippen LogP) is 3.34. The monoisotopic (exact) mass is 400 g/mol. The standard InChI is InChI=1S/C21H30F2O5/c1-3-4-7-26-18-12-16(22)15(11-17(18)23)10-14(2)21(25)6-5-20(13-19(21)24)27-8-9-28-20/h11-12,14,19,24-25H,3-10,13H2,1-2H3/t14?,19-,21-/m1/s1. The Morgan fingerprint density at radius 2 is 1.93 bits per heavy atom. The Morgan fingerprint density at radius 3 is 2.57 bits per heavy atom. The van der Waals surface area contributed by atoms with Crippen LogP contribution in [0.5, 0.6) is 5.75 Å². The summed E-state index contributed by atoms with van der Waals surface area (Å²) in [4.78, 5) is 0. The quantitative estimate of drug-likeness (QED) is 0.687. The molecule has 0 amide bonds. The minimum atomic E-state index is -1.42. The van der Waals surface area contributed by atoms with E-state index in [0.29, 0.717) is 26.2 Å². The SMILES string of the molecule is CCCCOc1cc(F)c(CC(C)[C@]2(O)CCC3(C[C@H]2O)OCCO3)cc1F. The van der Waals surface area contributed by atoms with E-state index in [1.807, 2.05) is 6.92 Å². The van der Waals surface area contributed by atoms with E-state index in [9.17, 15) is 19.0 Å². The van der Waals surface area contributed by atoms with Gasteiger partial charge in [0.05, 0.1) is 31.5 Å². The largest absolute Gasteiger partial charge is 0.490 e. The van der Waals surface area contributed by atoms with Gasteiger partial charge in [-0.15, -0.1) is 0 Å². The van der Waals surface area contributed by atoms with Gasteiger partial charge in [-0.05, 0) is 36.8 Å². The highest BCUT2D eigenvalue weighted by atomic mass is 19.1. The van der Waals surface area contributed by atoms with Gasteiger partial charge >= 0.3 is 0 Å². The van der Waals surface area contributed by atoms with E-state index in [4.69, 9.17) is 14.2 Å². The Bertz CT molecular complexity index is 677. The lowest BCUT2D eigenvalue weighted by Crippen LogP contribution is -2.57. The molecule has 28 heavy (non-hydrogen) atoms. The Hall–Kier alpha value is -1.28. The van der Waals surface area contributed by atoms with E-state index in [0.717, 1.165) is 25.0 Å². The van der Waals surface area contributed by atoms with Crippen LogP contribution in [0.2, 0.25) is 0 Å². The van der Waals surface area contributed by atoms with Crippen molar-refractivity contribution in [3.63, 3.8) is 0 Å². The fraction of sp³-hybridized carbons (Fsp3) is 0.714. The number of halogens is 2. The molecule has 2 aliphatic rings. The third-order valence-corrected chi connectivity index (χ3v) is 6.04. The summed E-state index contributed by atoms with van der Waals surface area (Å²) in [5.41, 5.74) is -1.26. The lowest BCUT2D eigenvalue weighted by Gasteiger charge is -2.47. The molecule has 1 aromatic rings. The number of aliphatic hydroxyl groups excluding tert-OH is 1. The molecular formula is C21H30F2O5. The van der Waals surface area contributed by atoms with E-state index in [2.05, 4.69) is 0 Å². The van der Waals surface area contributed by atoms with Gasteiger partial charge in [-0.25, -0.2) is 8.78 Å². The number of hydrogen-bond acceptors (Lipinski definition) is 5. The molecule has 1 saturated carbocycles. The summed E-state index contributed by atoms with van der Waals surface area (Å²) in [6.07, 6.45) is 1.56. The first-order chi connectivity index (χ1) is 13.3. The van der Waals surface area contributed by atoms with Crippen LogP contribution < -0.4 is 4.74 Å². The number of benzene rings is 1. The normalized spacial score (nSPS) is 27.9. The summed E-state index contributed by atoms with van der Waals surface area (Å²) < 4.78 is 45.3. The molecule has 3 atom stereocenters. The zero-order valence-corrected chi connectivity index (χ0v) is 16.5. The molecule has 7 heteroatoms. The van der Waals surface area contributed by atoms with Gasteiger partial charge in [0.1, 0.15) is 5.82 Å². The second kappa shape index (κ2) is 8.61. The molecular weight excluding hydrogens is 370 g/mol. The maximum absolute atomic E-state index is 14.5. The minimum absolute atomic E-state index is 0.0975. The maximum atomic E-state index is 14.5. The molecule has 1 unspecified atom stereocenters. The highest BCUT2D eigenvalue weighted by Gasteiger charge is 2.53. The maximum Gasteiger partial charge on any atom is 0.171 e. The molecule has 2 fully saturated rings. The molecule has 2 N–H and O–H groups in total. The number of rotatable bonds is 7. The van der Waals surface area contributed by atoms with Gasteiger partial charge in [-0.3, -0.25) is 0 Å². The number of hydrogen-bond donors (Lipinski definition) is 2. The Balaban J connectivity index is 1.68. The first kappa shape index (κ1) is 21.4. The van der Waals surface area contributed by atoms with E-state index in [1.165, 1.54) is 0 Å². The highest BCUT2D eigenvalue weighted by Crippen LogP contribution is 2.44. The van der Waals surface area contributed by atoms with Gasteiger partial charge in [-0.2, -0.15) is 0 Å². The van der Waals surface area contributed by atoms with Gasteiger partial charge in [-0.1, -0.05) is 20.3 Å². The van der Waals surface area contributed by atoms with Gasteiger partial charge in [0.15, 0.2) is 17.4 Å². The highest BCUT2D eigenvalue weighted by molar-refractivity contribution is 5.31. The summed E-state index contributed by atoms with van der Waals surface area (Å²) in [5.74, 6) is -2.62. The van der Waals surface area contributed by atoms with E-state index in [-0.39, 0.29) is 30.6 Å². The molecule has 1 aliphatic carbocycles. The van der Waals surface area contributed by atoms with Crippen molar-refractivity contribution in [3.05, 3.63) is 29.3 Å². The minimum Gasteiger partial charge on any atom is -0.490 e. The lowest BCUT2D eigenvalue weighted by molar-refractivity contribution is -0.246. The second-order valence-corrected chi connectivity index (χ2v) is 8.00. The lowest BCUT2D eigenvalue weighted by atomic mass is 9.70. The third kappa shape index (κ3) is 4.32. The topological polar surface area (TPSA) is 68.2 Å². The fourth-order valence-electron chi connectivity index (χ4n) is 4.13. The number of ether oxygens (including phenoxy) is 3. The summed E-state index contributed by atoms with van der Waals surface area (Å²) in [5, 5.41) is 21.7. The Labute approximate surface area is 164 Å². The summed E-state index contributed by atoms with van der Waals surface area (Å²) >= 11 is 0. The van der Waals surface area contributed by atoms with E-state index in [1.54, 1.807) is 6.92 Å². The molecule has 1 spiro atoms. The van der Waals surface area contributed by atoms with Gasteiger partial charge in [0.2, 0.25) is 0 Å². The van der Waals surface area contributed by atoms with Crippen LogP contribution in [-0.4, -0.2) is 47.5 Å².